The van der Waals surface area contributed by atoms with Gasteiger partial charge in [0.15, 0.2) is 11.5 Å². The first-order chi connectivity index (χ1) is 8.16. The van der Waals surface area contributed by atoms with Crippen LogP contribution in [0.25, 0.3) is 0 Å². The number of anilines is 1. The van der Waals surface area contributed by atoms with Crippen LogP contribution in [0, 0.1) is 0 Å². The molecule has 7 nitrogen and oxygen atoms in total. The molecule has 1 aliphatic heterocycles. The summed E-state index contributed by atoms with van der Waals surface area (Å²) in [6.07, 6.45) is 0.827. The Kier molecular flexibility index (Phi) is 3.17. The van der Waals surface area contributed by atoms with Crippen LogP contribution in [0.1, 0.15) is 16.9 Å². The molecule has 1 aromatic rings. The lowest BCUT2D eigenvalue weighted by molar-refractivity contribution is -0.119. The number of aromatic nitrogens is 2. The van der Waals surface area contributed by atoms with Gasteiger partial charge in [0, 0.05) is 13.1 Å². The van der Waals surface area contributed by atoms with Crippen LogP contribution in [0.2, 0.25) is 0 Å². The summed E-state index contributed by atoms with van der Waals surface area (Å²) in [6, 6.07) is 2.95. The van der Waals surface area contributed by atoms with E-state index in [0.29, 0.717) is 18.9 Å². The monoisotopic (exact) mass is 236 g/mol. The maximum absolute atomic E-state index is 11.3. The highest BCUT2D eigenvalue weighted by Crippen LogP contribution is 2.11. The quantitative estimate of drug-likeness (QED) is 0.718. The number of amides is 1. The predicted octanol–water partition coefficient (Wildman–Crippen LogP) is -0.499. The second-order valence-electron chi connectivity index (χ2n) is 3.71. The minimum atomic E-state index is -1.11. The molecule has 0 atom stereocenters. The molecule has 1 saturated heterocycles. The first kappa shape index (κ1) is 11.3. The molecule has 1 aromatic heterocycles. The van der Waals surface area contributed by atoms with Crippen LogP contribution in [-0.4, -0.2) is 46.8 Å². The van der Waals surface area contributed by atoms with Crippen molar-refractivity contribution in [2.45, 2.75) is 6.42 Å². The molecule has 1 aliphatic rings. The third kappa shape index (κ3) is 2.68. The van der Waals surface area contributed by atoms with Crippen LogP contribution in [0.4, 0.5) is 5.82 Å². The Morgan fingerprint density at radius 1 is 1.41 bits per heavy atom. The van der Waals surface area contributed by atoms with E-state index < -0.39 is 5.97 Å². The molecule has 0 aliphatic carbocycles. The number of carbonyl (C=O) groups is 2. The molecular weight excluding hydrogens is 224 g/mol. The average Bonchev–Trinajstić information content (AvgIpc) is 2.54. The van der Waals surface area contributed by atoms with E-state index in [-0.39, 0.29) is 18.1 Å². The lowest BCUT2D eigenvalue weighted by Gasteiger charge is -2.18. The van der Waals surface area contributed by atoms with Crippen molar-refractivity contribution in [1.29, 1.82) is 0 Å². The molecule has 0 aromatic carbocycles. The fourth-order valence-electron chi connectivity index (χ4n) is 1.61. The van der Waals surface area contributed by atoms with Gasteiger partial charge >= 0.3 is 5.97 Å². The first-order valence-corrected chi connectivity index (χ1v) is 5.25. The molecule has 7 heteroatoms. The van der Waals surface area contributed by atoms with E-state index in [9.17, 15) is 9.59 Å². The maximum Gasteiger partial charge on any atom is 0.356 e. The molecule has 0 bridgehead atoms. The zero-order valence-electron chi connectivity index (χ0n) is 9.09. The SMILES string of the molecule is O=C1CN(c2ccc(C(=O)O)nn2)CCCN1. The van der Waals surface area contributed by atoms with Crippen molar-refractivity contribution in [3.05, 3.63) is 17.8 Å². The first-order valence-electron chi connectivity index (χ1n) is 5.25. The number of nitrogens with zero attached hydrogens (tertiary/aromatic N) is 3. The molecule has 2 N–H and O–H groups in total. The Labute approximate surface area is 97.4 Å². The van der Waals surface area contributed by atoms with Crippen LogP contribution >= 0.6 is 0 Å². The van der Waals surface area contributed by atoms with Crippen LogP contribution in [-0.2, 0) is 4.79 Å². The Hall–Kier alpha value is -2.18. The third-order valence-electron chi connectivity index (χ3n) is 2.46. The van der Waals surface area contributed by atoms with Crippen molar-refractivity contribution in [2.75, 3.05) is 24.5 Å². The van der Waals surface area contributed by atoms with Crippen molar-refractivity contribution in [3.8, 4) is 0 Å². The molecule has 1 amide bonds. The number of carboxylic acids is 1. The smallest absolute Gasteiger partial charge is 0.356 e. The van der Waals surface area contributed by atoms with Crippen molar-refractivity contribution in [2.24, 2.45) is 0 Å². The highest BCUT2D eigenvalue weighted by molar-refractivity contribution is 5.85. The normalized spacial score (nSPS) is 16.2. The predicted molar refractivity (Wildman–Crippen MR) is 58.8 cm³/mol. The lowest BCUT2D eigenvalue weighted by atomic mass is 10.3. The number of hydrogen-bond donors (Lipinski definition) is 2. The van der Waals surface area contributed by atoms with Gasteiger partial charge in [0.05, 0.1) is 6.54 Å². The second kappa shape index (κ2) is 4.77. The van der Waals surface area contributed by atoms with Gasteiger partial charge in [0.2, 0.25) is 5.91 Å². The van der Waals surface area contributed by atoms with E-state index in [1.165, 1.54) is 6.07 Å². The van der Waals surface area contributed by atoms with Crippen molar-refractivity contribution in [3.63, 3.8) is 0 Å². The number of nitrogens with one attached hydrogen (secondary N) is 1. The number of hydrogen-bond acceptors (Lipinski definition) is 5. The molecule has 17 heavy (non-hydrogen) atoms. The minimum absolute atomic E-state index is 0.0633. The highest BCUT2D eigenvalue weighted by Gasteiger charge is 2.16. The second-order valence-corrected chi connectivity index (χ2v) is 3.71. The Morgan fingerprint density at radius 2 is 2.24 bits per heavy atom. The zero-order chi connectivity index (χ0) is 12.3. The summed E-state index contributed by atoms with van der Waals surface area (Å²) in [6.45, 7) is 1.57. The van der Waals surface area contributed by atoms with E-state index in [2.05, 4.69) is 15.5 Å². The standard InChI is InChI=1S/C10H12N4O3/c15-9-6-14(5-1-4-11-9)8-3-2-7(10(16)17)12-13-8/h2-3H,1,4-6H2,(H,11,15)(H,16,17). The molecule has 2 rings (SSSR count). The van der Waals surface area contributed by atoms with Gasteiger partial charge in [-0.3, -0.25) is 4.79 Å². The topological polar surface area (TPSA) is 95.4 Å². The maximum atomic E-state index is 11.3. The van der Waals surface area contributed by atoms with Crippen molar-refractivity contribution >= 4 is 17.7 Å². The van der Waals surface area contributed by atoms with Gasteiger partial charge < -0.3 is 15.3 Å². The Morgan fingerprint density at radius 3 is 2.88 bits per heavy atom. The van der Waals surface area contributed by atoms with Crippen LogP contribution in [0.3, 0.4) is 0 Å². The summed E-state index contributed by atoms with van der Waals surface area (Å²) in [5.74, 6) is -0.656. The zero-order valence-corrected chi connectivity index (χ0v) is 9.09. The van der Waals surface area contributed by atoms with E-state index in [1.54, 1.807) is 11.0 Å². The molecule has 2 heterocycles. The van der Waals surface area contributed by atoms with Gasteiger partial charge in [-0.2, -0.15) is 0 Å². The molecule has 0 saturated carbocycles. The Balaban J connectivity index is 2.15. The summed E-state index contributed by atoms with van der Waals surface area (Å²) in [7, 11) is 0. The van der Waals surface area contributed by atoms with Gasteiger partial charge in [-0.15, -0.1) is 10.2 Å². The highest BCUT2D eigenvalue weighted by atomic mass is 16.4. The summed E-state index contributed by atoms with van der Waals surface area (Å²) >= 11 is 0. The number of aromatic carboxylic acids is 1. The summed E-state index contributed by atoms with van der Waals surface area (Å²) in [5, 5.41) is 18.8. The van der Waals surface area contributed by atoms with Gasteiger partial charge in [-0.05, 0) is 18.6 Å². The van der Waals surface area contributed by atoms with Crippen LogP contribution in [0.5, 0.6) is 0 Å². The number of carboxylic acid groups (broad SMARTS) is 1. The van der Waals surface area contributed by atoms with Gasteiger partial charge in [-0.1, -0.05) is 0 Å². The summed E-state index contributed by atoms with van der Waals surface area (Å²) < 4.78 is 0. The van der Waals surface area contributed by atoms with Crippen molar-refractivity contribution in [1.82, 2.24) is 15.5 Å². The van der Waals surface area contributed by atoms with Gasteiger partial charge in [0.1, 0.15) is 0 Å². The fraction of sp³-hybridized carbons (Fsp3) is 0.400. The van der Waals surface area contributed by atoms with E-state index >= 15 is 0 Å². The Bertz CT molecular complexity index is 432. The molecule has 0 unspecified atom stereocenters. The third-order valence-corrected chi connectivity index (χ3v) is 2.46. The number of carbonyl (C=O) groups excluding carboxylic acids is 1. The van der Waals surface area contributed by atoms with Crippen LogP contribution in [0.15, 0.2) is 12.1 Å². The van der Waals surface area contributed by atoms with E-state index in [4.69, 9.17) is 5.11 Å². The molecule has 0 radical (unpaired) electrons. The fourth-order valence-corrected chi connectivity index (χ4v) is 1.61. The van der Waals surface area contributed by atoms with Gasteiger partial charge in [0.25, 0.3) is 0 Å². The molecule has 1 fully saturated rings. The molecular formula is C10H12N4O3. The molecule has 90 valence electrons. The largest absolute Gasteiger partial charge is 0.476 e. The van der Waals surface area contributed by atoms with E-state index in [0.717, 1.165) is 6.42 Å². The van der Waals surface area contributed by atoms with Gasteiger partial charge in [-0.25, -0.2) is 4.79 Å². The van der Waals surface area contributed by atoms with Crippen molar-refractivity contribution < 1.29 is 14.7 Å². The summed E-state index contributed by atoms with van der Waals surface area (Å²) in [4.78, 5) is 23.7. The lowest BCUT2D eigenvalue weighted by Crippen LogP contribution is -2.33. The molecule has 0 spiro atoms. The minimum Gasteiger partial charge on any atom is -0.476 e. The average molecular weight is 236 g/mol. The van der Waals surface area contributed by atoms with E-state index in [1.807, 2.05) is 0 Å². The van der Waals surface area contributed by atoms with Crippen LogP contribution < -0.4 is 10.2 Å². The number of rotatable bonds is 2. The summed E-state index contributed by atoms with van der Waals surface area (Å²) in [5.41, 5.74) is -0.104.